The van der Waals surface area contributed by atoms with Crippen LogP contribution in [0, 0.1) is 0 Å². The Morgan fingerprint density at radius 2 is 1.07 bits per heavy atom. The summed E-state index contributed by atoms with van der Waals surface area (Å²) in [5, 5.41) is 10.3. The molecular formula is C42H25NS. The molecule has 0 bridgehead atoms. The van der Waals surface area contributed by atoms with Gasteiger partial charge < -0.3 is 4.57 Å². The first-order valence-corrected chi connectivity index (χ1v) is 15.9. The minimum Gasteiger partial charge on any atom is -0.308 e. The van der Waals surface area contributed by atoms with Crippen LogP contribution in [0.4, 0.5) is 0 Å². The summed E-state index contributed by atoms with van der Waals surface area (Å²) >= 11 is 1.89. The smallest absolute Gasteiger partial charge is 0.0625 e. The number of para-hydroxylation sites is 1. The Labute approximate surface area is 259 Å². The van der Waals surface area contributed by atoms with E-state index >= 15 is 0 Å². The van der Waals surface area contributed by atoms with Crippen LogP contribution in [0.25, 0.3) is 82.1 Å². The SMILES string of the molecule is c1ccc(-n2c3c4ccccc4ccc3c3c(-c4ccc5c6c(cccc46)-c4ccccc4S5)cc4ccccc4c32)cc1. The van der Waals surface area contributed by atoms with Crippen LogP contribution in [0.1, 0.15) is 0 Å². The van der Waals surface area contributed by atoms with Crippen LogP contribution in [0.2, 0.25) is 0 Å². The van der Waals surface area contributed by atoms with Crippen LogP contribution in [0.3, 0.4) is 0 Å². The lowest BCUT2D eigenvalue weighted by Crippen LogP contribution is -1.96. The maximum atomic E-state index is 2.51. The molecule has 0 spiro atoms. The van der Waals surface area contributed by atoms with E-state index in [1.54, 1.807) is 0 Å². The van der Waals surface area contributed by atoms with E-state index in [4.69, 9.17) is 0 Å². The molecule has 0 fully saturated rings. The average Bonchev–Trinajstić information content (AvgIpc) is 3.45. The van der Waals surface area contributed by atoms with Crippen molar-refractivity contribution in [1.82, 2.24) is 4.57 Å². The summed E-state index contributed by atoms with van der Waals surface area (Å²) in [5.41, 5.74) is 8.90. The molecule has 0 aliphatic carbocycles. The van der Waals surface area contributed by atoms with Crippen molar-refractivity contribution in [3.8, 4) is 27.9 Å². The second-order valence-electron chi connectivity index (χ2n) is 11.7. The van der Waals surface area contributed by atoms with Gasteiger partial charge >= 0.3 is 0 Å². The molecule has 10 rings (SSSR count). The number of nitrogens with zero attached hydrogens (tertiary/aromatic N) is 1. The molecule has 0 unspecified atom stereocenters. The molecule has 1 aliphatic rings. The van der Waals surface area contributed by atoms with E-state index in [0.29, 0.717) is 0 Å². The van der Waals surface area contributed by atoms with Crippen LogP contribution in [-0.2, 0) is 0 Å². The molecule has 0 atom stereocenters. The largest absolute Gasteiger partial charge is 0.308 e. The monoisotopic (exact) mass is 575 g/mol. The van der Waals surface area contributed by atoms with E-state index in [9.17, 15) is 0 Å². The lowest BCUT2D eigenvalue weighted by Gasteiger charge is -2.22. The van der Waals surface area contributed by atoms with E-state index in [1.165, 1.54) is 91.9 Å². The minimum atomic E-state index is 1.18. The summed E-state index contributed by atoms with van der Waals surface area (Å²) < 4.78 is 2.51. The first kappa shape index (κ1) is 24.2. The van der Waals surface area contributed by atoms with Crippen molar-refractivity contribution in [2.75, 3.05) is 0 Å². The number of benzene rings is 8. The van der Waals surface area contributed by atoms with Crippen LogP contribution in [-0.4, -0.2) is 4.57 Å². The van der Waals surface area contributed by atoms with Gasteiger partial charge in [-0.15, -0.1) is 0 Å². The maximum Gasteiger partial charge on any atom is 0.0625 e. The molecule has 1 aliphatic heterocycles. The first-order chi connectivity index (χ1) is 21.8. The third-order valence-electron chi connectivity index (χ3n) is 9.34. The molecule has 0 radical (unpaired) electrons. The Hall–Kier alpha value is -5.31. The van der Waals surface area contributed by atoms with E-state index < -0.39 is 0 Å². The van der Waals surface area contributed by atoms with Crippen molar-refractivity contribution < 1.29 is 0 Å². The average molecular weight is 576 g/mol. The maximum absolute atomic E-state index is 2.51. The fourth-order valence-electron chi connectivity index (χ4n) is 7.51. The van der Waals surface area contributed by atoms with Crippen molar-refractivity contribution >= 4 is 65.9 Å². The van der Waals surface area contributed by atoms with Crippen molar-refractivity contribution in [1.29, 1.82) is 0 Å². The van der Waals surface area contributed by atoms with Crippen LogP contribution in [0.5, 0.6) is 0 Å². The van der Waals surface area contributed by atoms with Gasteiger partial charge in [-0.3, -0.25) is 0 Å². The first-order valence-electron chi connectivity index (χ1n) is 15.1. The van der Waals surface area contributed by atoms with Gasteiger partial charge in [-0.2, -0.15) is 0 Å². The Balaban J connectivity index is 1.43. The van der Waals surface area contributed by atoms with E-state index in [2.05, 4.69) is 156 Å². The van der Waals surface area contributed by atoms with E-state index in [0.717, 1.165) is 0 Å². The molecule has 9 aromatic rings. The predicted molar refractivity (Wildman–Crippen MR) is 188 cm³/mol. The fourth-order valence-corrected chi connectivity index (χ4v) is 8.64. The van der Waals surface area contributed by atoms with Gasteiger partial charge in [0.05, 0.1) is 11.0 Å². The third kappa shape index (κ3) is 3.26. The zero-order valence-electron chi connectivity index (χ0n) is 23.8. The highest BCUT2D eigenvalue weighted by molar-refractivity contribution is 7.99. The Kier molecular flexibility index (Phi) is 5.00. The summed E-state index contributed by atoms with van der Waals surface area (Å²) in [5.74, 6) is 0. The number of hydrogen-bond donors (Lipinski definition) is 0. The zero-order chi connectivity index (χ0) is 28.8. The molecular weight excluding hydrogens is 551 g/mol. The van der Waals surface area contributed by atoms with Gasteiger partial charge in [0.25, 0.3) is 0 Å². The number of hydrogen-bond acceptors (Lipinski definition) is 1. The van der Waals surface area contributed by atoms with Crippen molar-refractivity contribution in [3.63, 3.8) is 0 Å². The summed E-state index contributed by atoms with van der Waals surface area (Å²) in [6, 6.07) is 55.9. The molecule has 0 saturated carbocycles. The standard InChI is InChI=1S/C42H25NS/c1-2-13-28(14-3-1)43-41-29-15-6-4-11-26(29)21-22-35(41)40-36(25-27-12-5-7-16-30(27)42(40)43)31-23-24-38-39-33(31)18-10-19-34(39)32-17-8-9-20-37(32)44-38/h1-25H. The van der Waals surface area contributed by atoms with Gasteiger partial charge in [-0.25, -0.2) is 0 Å². The van der Waals surface area contributed by atoms with Gasteiger partial charge in [0, 0.05) is 42.4 Å². The number of fused-ring (bicyclic) bond motifs is 9. The van der Waals surface area contributed by atoms with Crippen molar-refractivity contribution in [2.24, 2.45) is 0 Å². The summed E-state index contributed by atoms with van der Waals surface area (Å²) in [4.78, 5) is 2.65. The van der Waals surface area contributed by atoms with Crippen molar-refractivity contribution in [2.45, 2.75) is 9.79 Å². The Morgan fingerprint density at radius 1 is 0.364 bits per heavy atom. The van der Waals surface area contributed by atoms with Crippen LogP contribution >= 0.6 is 11.8 Å². The predicted octanol–water partition coefficient (Wildman–Crippen LogP) is 12.0. The van der Waals surface area contributed by atoms with Gasteiger partial charge in [0.15, 0.2) is 0 Å². The van der Waals surface area contributed by atoms with Crippen LogP contribution < -0.4 is 0 Å². The third-order valence-corrected chi connectivity index (χ3v) is 10.5. The minimum absolute atomic E-state index is 1.18. The second kappa shape index (κ2) is 9.09. The van der Waals surface area contributed by atoms with Crippen molar-refractivity contribution in [3.05, 3.63) is 152 Å². The topological polar surface area (TPSA) is 4.93 Å². The molecule has 44 heavy (non-hydrogen) atoms. The molecule has 0 amide bonds. The molecule has 8 aromatic carbocycles. The zero-order valence-corrected chi connectivity index (χ0v) is 24.6. The van der Waals surface area contributed by atoms with Gasteiger partial charge in [0.2, 0.25) is 0 Å². The lowest BCUT2D eigenvalue weighted by molar-refractivity contribution is 1.19. The lowest BCUT2D eigenvalue weighted by atomic mass is 9.89. The summed E-state index contributed by atoms with van der Waals surface area (Å²) in [6.07, 6.45) is 0. The highest BCUT2D eigenvalue weighted by Gasteiger charge is 2.24. The quantitative estimate of drug-likeness (QED) is 0.198. The molecule has 0 saturated heterocycles. The number of rotatable bonds is 2. The second-order valence-corrected chi connectivity index (χ2v) is 12.7. The molecule has 0 N–H and O–H groups in total. The highest BCUT2D eigenvalue weighted by Crippen LogP contribution is 2.51. The Morgan fingerprint density at radius 3 is 1.95 bits per heavy atom. The van der Waals surface area contributed by atoms with E-state index in [1.807, 2.05) is 11.8 Å². The molecule has 204 valence electrons. The van der Waals surface area contributed by atoms with Crippen LogP contribution in [0.15, 0.2) is 161 Å². The summed E-state index contributed by atoms with van der Waals surface area (Å²) in [6.45, 7) is 0. The molecule has 1 aromatic heterocycles. The number of aromatic nitrogens is 1. The van der Waals surface area contributed by atoms with Gasteiger partial charge in [-0.05, 0) is 68.7 Å². The van der Waals surface area contributed by atoms with E-state index in [-0.39, 0.29) is 0 Å². The highest BCUT2D eigenvalue weighted by atomic mass is 32.2. The molecule has 1 nitrogen and oxygen atoms in total. The summed E-state index contributed by atoms with van der Waals surface area (Å²) in [7, 11) is 0. The normalized spacial score (nSPS) is 12.5. The van der Waals surface area contributed by atoms with Gasteiger partial charge in [0.1, 0.15) is 0 Å². The fraction of sp³-hybridized carbons (Fsp3) is 0. The molecule has 2 heterocycles. The molecule has 2 heteroatoms. The Bertz CT molecular complexity index is 2630. The van der Waals surface area contributed by atoms with Gasteiger partial charge in [-0.1, -0.05) is 133 Å².